The van der Waals surface area contributed by atoms with E-state index in [0.717, 1.165) is 16.6 Å². The number of carbonyl (C=O) groups is 1. The SMILES string of the molecule is O=C(CC[n+]1c2ccccc2cc2ccccc21)OCc1ccccc1.O=S(=O)([O-])C(F)(F)F. The van der Waals surface area contributed by atoms with Gasteiger partial charge in [-0.25, -0.2) is 8.42 Å². The number of halogens is 3. The van der Waals surface area contributed by atoms with Gasteiger partial charge in [0, 0.05) is 22.9 Å². The van der Waals surface area contributed by atoms with Gasteiger partial charge in [0.25, 0.3) is 0 Å². The molecule has 3 aromatic carbocycles. The fraction of sp³-hybridized carbons (Fsp3) is 0.167. The fourth-order valence-corrected chi connectivity index (χ4v) is 3.26. The second kappa shape index (κ2) is 10.6. The molecule has 1 heterocycles. The van der Waals surface area contributed by atoms with E-state index < -0.39 is 15.6 Å². The van der Waals surface area contributed by atoms with Crippen molar-refractivity contribution in [1.29, 1.82) is 0 Å². The first kappa shape index (κ1) is 25.1. The van der Waals surface area contributed by atoms with E-state index in [1.807, 2.05) is 54.6 Å². The molecular weight excluding hydrogens is 471 g/mol. The molecule has 10 heteroatoms. The Bertz CT molecular complexity index is 1340. The second-order valence-corrected chi connectivity index (χ2v) is 8.58. The number of para-hydroxylation sites is 2. The number of hydrogen-bond donors (Lipinski definition) is 0. The number of alkyl halides is 3. The summed E-state index contributed by atoms with van der Waals surface area (Å²) in [5.74, 6) is -0.182. The summed E-state index contributed by atoms with van der Waals surface area (Å²) in [6, 6.07) is 28.5. The number of aromatic nitrogens is 1. The number of nitrogens with zero attached hydrogens (tertiary/aromatic N) is 1. The lowest BCUT2D eigenvalue weighted by Gasteiger charge is -2.08. The summed E-state index contributed by atoms with van der Waals surface area (Å²) in [6.07, 6.45) is 0.343. The second-order valence-electron chi connectivity index (χ2n) is 7.21. The smallest absolute Gasteiger partial charge is 0.485 e. The largest absolute Gasteiger partial charge is 0.741 e. The molecular formula is C24H20F3NO5S. The third-order valence-corrected chi connectivity index (χ3v) is 5.40. The van der Waals surface area contributed by atoms with Crippen molar-refractivity contribution in [3.63, 3.8) is 0 Å². The van der Waals surface area contributed by atoms with Gasteiger partial charge < -0.3 is 9.29 Å². The molecule has 0 atom stereocenters. The van der Waals surface area contributed by atoms with Crippen LogP contribution in [0.3, 0.4) is 0 Å². The van der Waals surface area contributed by atoms with Gasteiger partial charge in [-0.2, -0.15) is 17.7 Å². The van der Waals surface area contributed by atoms with E-state index in [9.17, 15) is 18.0 Å². The Hall–Kier alpha value is -3.50. The standard InChI is InChI=1S/C23H20NO2.CHF3O3S/c25-23(26-17-18-8-2-1-3-9-18)14-15-24-21-12-6-4-10-19(21)16-20-11-5-7-13-22(20)24;2-1(3,4)8(5,6)7/h1-13,16H,14-15,17H2;(H,5,6,7)/q+1;/p-1. The van der Waals surface area contributed by atoms with Crippen molar-refractivity contribution >= 4 is 37.9 Å². The van der Waals surface area contributed by atoms with E-state index in [-0.39, 0.29) is 5.97 Å². The number of aryl methyl sites for hydroxylation is 1. The average Bonchev–Trinajstić information content (AvgIpc) is 2.80. The number of hydrogen-bond acceptors (Lipinski definition) is 5. The molecule has 0 unspecified atom stereocenters. The summed E-state index contributed by atoms with van der Waals surface area (Å²) < 4.78 is 66.5. The Morgan fingerprint density at radius 1 is 0.853 bits per heavy atom. The van der Waals surface area contributed by atoms with Crippen LogP contribution in [0.5, 0.6) is 0 Å². The molecule has 0 spiro atoms. The van der Waals surface area contributed by atoms with Gasteiger partial charge >= 0.3 is 11.5 Å². The molecule has 0 saturated carbocycles. The number of benzene rings is 3. The van der Waals surface area contributed by atoms with Gasteiger partial charge in [0.1, 0.15) is 13.0 Å². The predicted octanol–water partition coefficient (Wildman–Crippen LogP) is 4.47. The lowest BCUT2D eigenvalue weighted by Crippen LogP contribution is -2.36. The third-order valence-electron chi connectivity index (χ3n) is 4.83. The van der Waals surface area contributed by atoms with E-state index in [2.05, 4.69) is 34.9 Å². The number of esters is 1. The van der Waals surface area contributed by atoms with E-state index >= 15 is 0 Å². The molecule has 34 heavy (non-hydrogen) atoms. The maximum atomic E-state index is 12.2. The Kier molecular flexibility index (Phi) is 7.85. The highest BCUT2D eigenvalue weighted by Crippen LogP contribution is 2.20. The number of fused-ring (bicyclic) bond motifs is 2. The third kappa shape index (κ3) is 6.52. The van der Waals surface area contributed by atoms with E-state index in [1.54, 1.807) is 0 Å². The van der Waals surface area contributed by atoms with Gasteiger partial charge in [0.05, 0.1) is 0 Å². The van der Waals surface area contributed by atoms with Crippen molar-refractivity contribution in [2.75, 3.05) is 0 Å². The van der Waals surface area contributed by atoms with Crippen LogP contribution < -0.4 is 4.57 Å². The van der Waals surface area contributed by atoms with Crippen molar-refractivity contribution in [3.8, 4) is 0 Å². The Balaban J connectivity index is 0.000000350. The summed E-state index contributed by atoms with van der Waals surface area (Å²) in [4.78, 5) is 12.2. The molecule has 0 N–H and O–H groups in total. The summed E-state index contributed by atoms with van der Waals surface area (Å²) in [7, 11) is -6.09. The van der Waals surface area contributed by atoms with Crippen LogP contribution in [0.15, 0.2) is 84.9 Å². The summed E-state index contributed by atoms with van der Waals surface area (Å²) in [6.45, 7) is 0.913. The molecule has 1 aromatic heterocycles. The lowest BCUT2D eigenvalue weighted by molar-refractivity contribution is -0.644. The highest BCUT2D eigenvalue weighted by Gasteiger charge is 2.36. The topological polar surface area (TPSA) is 87.4 Å². The van der Waals surface area contributed by atoms with Crippen LogP contribution in [0, 0.1) is 0 Å². The molecule has 178 valence electrons. The van der Waals surface area contributed by atoms with Gasteiger partial charge in [0.15, 0.2) is 16.7 Å². The first-order chi connectivity index (χ1) is 16.1. The van der Waals surface area contributed by atoms with Gasteiger partial charge in [0.2, 0.25) is 11.0 Å². The van der Waals surface area contributed by atoms with Crippen LogP contribution in [0.25, 0.3) is 21.8 Å². The number of ether oxygens (including phenoxy) is 1. The molecule has 0 aliphatic rings. The Labute approximate surface area is 194 Å². The van der Waals surface area contributed by atoms with Crippen LogP contribution in [0.2, 0.25) is 0 Å². The minimum Gasteiger partial charge on any atom is -0.741 e. The van der Waals surface area contributed by atoms with Gasteiger partial charge in [-0.1, -0.05) is 54.6 Å². The minimum atomic E-state index is -6.09. The molecule has 0 bridgehead atoms. The van der Waals surface area contributed by atoms with Crippen LogP contribution in [-0.2, 0) is 32.8 Å². The van der Waals surface area contributed by atoms with Crippen molar-refractivity contribution < 1.29 is 40.2 Å². The zero-order valence-corrected chi connectivity index (χ0v) is 18.6. The fourth-order valence-electron chi connectivity index (χ4n) is 3.26. The highest BCUT2D eigenvalue weighted by molar-refractivity contribution is 7.86. The quantitative estimate of drug-likeness (QED) is 0.135. The molecule has 4 aromatic rings. The van der Waals surface area contributed by atoms with Crippen LogP contribution >= 0.6 is 0 Å². The maximum Gasteiger partial charge on any atom is 0.485 e. The average molecular weight is 491 g/mol. The predicted molar refractivity (Wildman–Crippen MR) is 118 cm³/mol. The van der Waals surface area contributed by atoms with Crippen LogP contribution in [-0.4, -0.2) is 24.4 Å². The van der Waals surface area contributed by atoms with E-state index in [1.165, 1.54) is 10.8 Å². The highest BCUT2D eigenvalue weighted by atomic mass is 32.2. The number of rotatable bonds is 5. The molecule has 0 aliphatic heterocycles. The maximum absolute atomic E-state index is 12.2. The number of carbonyl (C=O) groups excluding carboxylic acids is 1. The van der Waals surface area contributed by atoms with Crippen molar-refractivity contribution in [3.05, 3.63) is 90.5 Å². The van der Waals surface area contributed by atoms with Gasteiger partial charge in [-0.15, -0.1) is 0 Å². The van der Waals surface area contributed by atoms with Gasteiger partial charge in [-0.05, 0) is 23.8 Å². The number of pyridine rings is 1. The zero-order chi connectivity index (χ0) is 24.8. The lowest BCUT2D eigenvalue weighted by atomic mass is 10.1. The Morgan fingerprint density at radius 2 is 1.32 bits per heavy atom. The molecule has 0 saturated heterocycles. The first-order valence-corrected chi connectivity index (χ1v) is 11.5. The van der Waals surface area contributed by atoms with Crippen molar-refractivity contribution in [2.24, 2.45) is 0 Å². The zero-order valence-electron chi connectivity index (χ0n) is 17.7. The minimum absolute atomic E-state index is 0.182. The van der Waals surface area contributed by atoms with Gasteiger partial charge in [-0.3, -0.25) is 4.79 Å². The first-order valence-electron chi connectivity index (χ1n) is 10.1. The molecule has 6 nitrogen and oxygen atoms in total. The summed E-state index contributed by atoms with van der Waals surface area (Å²) >= 11 is 0. The van der Waals surface area contributed by atoms with Crippen molar-refractivity contribution in [1.82, 2.24) is 0 Å². The normalized spacial score (nSPS) is 11.6. The molecule has 0 aliphatic carbocycles. The molecule has 4 rings (SSSR count). The molecule has 0 radical (unpaired) electrons. The monoisotopic (exact) mass is 491 g/mol. The van der Waals surface area contributed by atoms with E-state index in [4.69, 9.17) is 17.7 Å². The van der Waals surface area contributed by atoms with E-state index in [0.29, 0.717) is 19.6 Å². The Morgan fingerprint density at radius 3 is 1.82 bits per heavy atom. The molecule has 0 fully saturated rings. The summed E-state index contributed by atoms with van der Waals surface area (Å²) in [5.41, 5.74) is -2.39. The summed E-state index contributed by atoms with van der Waals surface area (Å²) in [5, 5.41) is 2.34. The van der Waals surface area contributed by atoms with Crippen LogP contribution in [0.4, 0.5) is 13.2 Å². The van der Waals surface area contributed by atoms with Crippen LogP contribution in [0.1, 0.15) is 12.0 Å². The van der Waals surface area contributed by atoms with Crippen molar-refractivity contribution in [2.45, 2.75) is 25.1 Å². The molecule has 0 amide bonds.